The quantitative estimate of drug-likeness (QED) is 0.533. The lowest BCUT2D eigenvalue weighted by atomic mass is 10.1. The molecule has 1 aliphatic heterocycles. The van der Waals surface area contributed by atoms with Crippen molar-refractivity contribution in [3.8, 4) is 0 Å². The Bertz CT molecular complexity index is 179. The van der Waals surface area contributed by atoms with Gasteiger partial charge in [0.15, 0.2) is 0 Å². The van der Waals surface area contributed by atoms with Crippen molar-refractivity contribution in [3.05, 3.63) is 0 Å². The first-order chi connectivity index (χ1) is 7.34. The average molecular weight is 214 g/mol. The van der Waals surface area contributed by atoms with Gasteiger partial charge in [0.05, 0.1) is 5.92 Å². The summed E-state index contributed by atoms with van der Waals surface area (Å²) >= 11 is 0. The van der Waals surface area contributed by atoms with Crippen LogP contribution in [-0.2, 0) is 4.79 Å². The van der Waals surface area contributed by atoms with Crippen molar-refractivity contribution in [2.75, 3.05) is 26.2 Å². The number of carbonyl (C=O) groups excluding carboxylic acids is 1. The van der Waals surface area contributed by atoms with E-state index in [0.717, 1.165) is 51.7 Å². The zero-order valence-corrected chi connectivity index (χ0v) is 9.30. The summed E-state index contributed by atoms with van der Waals surface area (Å²) in [6.45, 7) is 2.85. The second-order valence-corrected chi connectivity index (χ2v) is 4.12. The first-order valence-electron chi connectivity index (χ1n) is 5.94. The summed E-state index contributed by atoms with van der Waals surface area (Å²) in [6.07, 6.45) is 5.00. The molecule has 0 aromatic rings. The maximum Gasteiger partial charge on any atom is 0.224 e. The summed E-state index contributed by atoms with van der Waals surface area (Å²) < 4.78 is 0. The molecular formula is C11H22N2O2. The van der Waals surface area contributed by atoms with E-state index in [1.54, 1.807) is 0 Å². The molecule has 0 saturated carbocycles. The Balaban J connectivity index is 1.92. The van der Waals surface area contributed by atoms with Crippen LogP contribution >= 0.6 is 0 Å². The molecule has 1 rings (SSSR count). The molecule has 4 heteroatoms. The zero-order valence-electron chi connectivity index (χ0n) is 9.30. The van der Waals surface area contributed by atoms with Gasteiger partial charge in [-0.15, -0.1) is 0 Å². The predicted molar refractivity (Wildman–Crippen MR) is 59.5 cm³/mol. The third-order valence-corrected chi connectivity index (χ3v) is 2.82. The summed E-state index contributed by atoms with van der Waals surface area (Å²) in [4.78, 5) is 11.5. The molecule has 1 amide bonds. The molecular weight excluding hydrogens is 192 g/mol. The van der Waals surface area contributed by atoms with E-state index in [2.05, 4.69) is 10.6 Å². The number of rotatable bonds is 7. The van der Waals surface area contributed by atoms with E-state index in [0.29, 0.717) is 0 Å². The molecule has 0 aliphatic carbocycles. The Kier molecular flexibility index (Phi) is 6.36. The Labute approximate surface area is 91.4 Å². The summed E-state index contributed by atoms with van der Waals surface area (Å²) in [6, 6.07) is 0. The Morgan fingerprint density at radius 1 is 1.33 bits per heavy atom. The third-order valence-electron chi connectivity index (χ3n) is 2.82. The smallest absolute Gasteiger partial charge is 0.224 e. The average Bonchev–Trinajstić information content (AvgIpc) is 2.76. The molecule has 88 valence electrons. The summed E-state index contributed by atoms with van der Waals surface area (Å²) in [7, 11) is 0. The minimum absolute atomic E-state index is 0.183. The molecule has 0 bridgehead atoms. The van der Waals surface area contributed by atoms with Gasteiger partial charge in [-0.25, -0.2) is 0 Å². The molecule has 0 radical (unpaired) electrons. The number of amides is 1. The van der Waals surface area contributed by atoms with Crippen LogP contribution in [0.2, 0.25) is 0 Å². The maximum atomic E-state index is 11.5. The molecule has 0 aromatic heterocycles. The molecule has 1 saturated heterocycles. The Hall–Kier alpha value is -0.610. The topological polar surface area (TPSA) is 61.4 Å². The lowest BCUT2D eigenvalue weighted by Gasteiger charge is -2.09. The lowest BCUT2D eigenvalue weighted by Crippen LogP contribution is -2.32. The van der Waals surface area contributed by atoms with Gasteiger partial charge < -0.3 is 15.7 Å². The van der Waals surface area contributed by atoms with Gasteiger partial charge in [-0.05, 0) is 25.8 Å². The summed E-state index contributed by atoms with van der Waals surface area (Å²) in [5, 5.41) is 14.7. The fourth-order valence-corrected chi connectivity index (χ4v) is 1.82. The van der Waals surface area contributed by atoms with Crippen molar-refractivity contribution in [2.45, 2.75) is 32.1 Å². The number of nitrogens with one attached hydrogen (secondary N) is 2. The molecule has 1 atom stereocenters. The van der Waals surface area contributed by atoms with Gasteiger partial charge in [0.25, 0.3) is 0 Å². The number of unbranched alkanes of at least 4 members (excludes halogenated alkanes) is 3. The monoisotopic (exact) mass is 214 g/mol. The largest absolute Gasteiger partial charge is 0.396 e. The highest BCUT2D eigenvalue weighted by Crippen LogP contribution is 2.07. The first kappa shape index (κ1) is 12.5. The van der Waals surface area contributed by atoms with Crippen molar-refractivity contribution >= 4 is 5.91 Å². The molecule has 1 fully saturated rings. The van der Waals surface area contributed by atoms with Crippen LogP contribution in [-0.4, -0.2) is 37.3 Å². The van der Waals surface area contributed by atoms with E-state index in [9.17, 15) is 4.79 Å². The van der Waals surface area contributed by atoms with E-state index in [4.69, 9.17) is 5.11 Å². The molecule has 1 unspecified atom stereocenters. The summed E-state index contributed by atoms with van der Waals surface area (Å²) in [5.74, 6) is 0.379. The highest BCUT2D eigenvalue weighted by atomic mass is 16.2. The van der Waals surface area contributed by atoms with Crippen molar-refractivity contribution in [1.82, 2.24) is 10.6 Å². The van der Waals surface area contributed by atoms with Crippen molar-refractivity contribution in [3.63, 3.8) is 0 Å². The van der Waals surface area contributed by atoms with Crippen LogP contribution in [0.4, 0.5) is 0 Å². The molecule has 1 aliphatic rings. The number of carbonyl (C=O) groups is 1. The minimum Gasteiger partial charge on any atom is -0.396 e. The van der Waals surface area contributed by atoms with Crippen LogP contribution in [0, 0.1) is 5.92 Å². The molecule has 0 aromatic carbocycles. The first-order valence-corrected chi connectivity index (χ1v) is 5.94. The van der Waals surface area contributed by atoms with E-state index in [1.165, 1.54) is 0 Å². The van der Waals surface area contributed by atoms with Gasteiger partial charge >= 0.3 is 0 Å². The second kappa shape index (κ2) is 7.65. The fraction of sp³-hybridized carbons (Fsp3) is 0.909. The van der Waals surface area contributed by atoms with Gasteiger partial charge in [-0.2, -0.15) is 0 Å². The summed E-state index contributed by atoms with van der Waals surface area (Å²) in [5.41, 5.74) is 0. The number of hydrogen-bond acceptors (Lipinski definition) is 3. The highest BCUT2D eigenvalue weighted by molar-refractivity contribution is 5.79. The molecule has 3 N–H and O–H groups in total. The fourth-order valence-electron chi connectivity index (χ4n) is 1.82. The van der Waals surface area contributed by atoms with Gasteiger partial charge in [0, 0.05) is 19.7 Å². The number of hydrogen-bond donors (Lipinski definition) is 3. The van der Waals surface area contributed by atoms with Crippen LogP contribution < -0.4 is 10.6 Å². The lowest BCUT2D eigenvalue weighted by molar-refractivity contribution is -0.124. The van der Waals surface area contributed by atoms with Crippen LogP contribution in [0.5, 0.6) is 0 Å². The van der Waals surface area contributed by atoms with Gasteiger partial charge in [-0.3, -0.25) is 4.79 Å². The van der Waals surface area contributed by atoms with Gasteiger partial charge in [0.1, 0.15) is 0 Å². The normalized spacial score (nSPS) is 20.5. The maximum absolute atomic E-state index is 11.5. The minimum atomic E-state index is 0.183. The number of aliphatic hydroxyl groups excluding tert-OH is 1. The predicted octanol–water partition coefficient (Wildman–Crippen LogP) is 0.265. The standard InChI is InChI=1S/C11H22N2O2/c14-8-4-2-1-3-6-13-11(15)10-5-7-12-9-10/h10,12,14H,1-9H2,(H,13,15). The van der Waals surface area contributed by atoms with E-state index in [1.807, 2.05) is 0 Å². The van der Waals surface area contributed by atoms with Crippen LogP contribution in [0.3, 0.4) is 0 Å². The SMILES string of the molecule is O=C(NCCCCCCO)C1CCNC1. The molecule has 15 heavy (non-hydrogen) atoms. The second-order valence-electron chi connectivity index (χ2n) is 4.12. The van der Waals surface area contributed by atoms with Crippen LogP contribution in [0.1, 0.15) is 32.1 Å². The van der Waals surface area contributed by atoms with E-state index >= 15 is 0 Å². The molecule has 4 nitrogen and oxygen atoms in total. The van der Waals surface area contributed by atoms with Crippen LogP contribution in [0.25, 0.3) is 0 Å². The molecule has 0 spiro atoms. The van der Waals surface area contributed by atoms with Gasteiger partial charge in [-0.1, -0.05) is 12.8 Å². The third kappa shape index (κ3) is 5.14. The van der Waals surface area contributed by atoms with E-state index in [-0.39, 0.29) is 18.4 Å². The Morgan fingerprint density at radius 3 is 2.80 bits per heavy atom. The zero-order chi connectivity index (χ0) is 10.9. The van der Waals surface area contributed by atoms with Crippen LogP contribution in [0.15, 0.2) is 0 Å². The van der Waals surface area contributed by atoms with Crippen molar-refractivity contribution in [2.24, 2.45) is 5.92 Å². The molecule has 1 heterocycles. The van der Waals surface area contributed by atoms with Gasteiger partial charge in [0.2, 0.25) is 5.91 Å². The van der Waals surface area contributed by atoms with E-state index < -0.39 is 0 Å². The Morgan fingerprint density at radius 2 is 2.13 bits per heavy atom. The van der Waals surface area contributed by atoms with Crippen molar-refractivity contribution < 1.29 is 9.90 Å². The van der Waals surface area contributed by atoms with Crippen molar-refractivity contribution in [1.29, 1.82) is 0 Å². The number of aliphatic hydroxyl groups is 1. The highest BCUT2D eigenvalue weighted by Gasteiger charge is 2.21.